The largest absolute Gasteiger partial charge is 0.390 e. The molecule has 2 rings (SSSR count). The summed E-state index contributed by atoms with van der Waals surface area (Å²) in [6.07, 6.45) is 4.79. The smallest absolute Gasteiger partial charge is 0.0860 e. The summed E-state index contributed by atoms with van der Waals surface area (Å²) >= 11 is 0. The first-order valence-corrected chi connectivity index (χ1v) is 5.98. The number of rotatable bonds is 3. The summed E-state index contributed by atoms with van der Waals surface area (Å²) in [6.45, 7) is 4.24. The van der Waals surface area contributed by atoms with E-state index in [1.165, 1.54) is 12.8 Å². The lowest BCUT2D eigenvalue weighted by Gasteiger charge is -2.33. The Morgan fingerprint density at radius 2 is 1.93 bits per heavy atom. The van der Waals surface area contributed by atoms with Crippen molar-refractivity contribution in [1.82, 2.24) is 0 Å². The Bertz CT molecular complexity index is 212. The van der Waals surface area contributed by atoms with Crippen molar-refractivity contribution in [2.45, 2.75) is 58.2 Å². The van der Waals surface area contributed by atoms with E-state index in [0.29, 0.717) is 5.92 Å². The maximum absolute atomic E-state index is 10.2. The van der Waals surface area contributed by atoms with Gasteiger partial charge in [0.15, 0.2) is 0 Å². The second-order valence-corrected chi connectivity index (χ2v) is 5.37. The lowest BCUT2D eigenvalue weighted by atomic mass is 9.74. The quantitative estimate of drug-likeness (QED) is 0.727. The van der Waals surface area contributed by atoms with Gasteiger partial charge in [0.05, 0.1) is 12.2 Å². The molecular formula is C12H22O2. The Kier molecular flexibility index (Phi) is 2.61. The van der Waals surface area contributed by atoms with Crippen LogP contribution in [0.2, 0.25) is 0 Å². The fraction of sp³-hybridized carbons (Fsp3) is 1.00. The van der Waals surface area contributed by atoms with Crippen molar-refractivity contribution in [3.63, 3.8) is 0 Å². The number of aliphatic hydroxyl groups excluding tert-OH is 2. The van der Waals surface area contributed by atoms with E-state index in [2.05, 4.69) is 13.8 Å². The van der Waals surface area contributed by atoms with Crippen LogP contribution >= 0.6 is 0 Å². The van der Waals surface area contributed by atoms with Crippen molar-refractivity contribution < 1.29 is 10.2 Å². The topological polar surface area (TPSA) is 40.5 Å². The standard InChI is InChI=1S/C12H22O2/c1-3-6-12(9-4-5-9)7-8(2)10(13)11(12)14/h8-11,13-14H,3-7H2,1-2H3/t8-,10+,11+,12+/m1/s1. The van der Waals surface area contributed by atoms with Gasteiger partial charge in [-0.3, -0.25) is 0 Å². The third kappa shape index (κ3) is 1.40. The van der Waals surface area contributed by atoms with Crippen LogP contribution in [-0.4, -0.2) is 22.4 Å². The third-order valence-corrected chi connectivity index (χ3v) is 4.30. The molecule has 2 fully saturated rings. The van der Waals surface area contributed by atoms with Crippen LogP contribution in [0.4, 0.5) is 0 Å². The molecule has 0 aromatic carbocycles. The highest BCUT2D eigenvalue weighted by Crippen LogP contribution is 2.58. The lowest BCUT2D eigenvalue weighted by Crippen LogP contribution is -2.37. The Morgan fingerprint density at radius 3 is 2.29 bits per heavy atom. The lowest BCUT2D eigenvalue weighted by molar-refractivity contribution is -0.0405. The summed E-state index contributed by atoms with van der Waals surface area (Å²) in [6, 6.07) is 0. The minimum Gasteiger partial charge on any atom is -0.390 e. The molecule has 2 saturated carbocycles. The van der Waals surface area contributed by atoms with Crippen molar-refractivity contribution >= 4 is 0 Å². The maximum atomic E-state index is 10.2. The molecule has 82 valence electrons. The molecule has 0 unspecified atom stereocenters. The summed E-state index contributed by atoms with van der Waals surface area (Å²) in [5.41, 5.74) is 0.0631. The molecule has 0 heterocycles. The van der Waals surface area contributed by atoms with E-state index in [9.17, 15) is 10.2 Å². The molecule has 2 nitrogen and oxygen atoms in total. The van der Waals surface area contributed by atoms with Gasteiger partial charge in [0, 0.05) is 5.41 Å². The summed E-state index contributed by atoms with van der Waals surface area (Å²) in [5.74, 6) is 0.967. The van der Waals surface area contributed by atoms with E-state index in [1.807, 2.05) is 0 Å². The number of hydrogen-bond donors (Lipinski definition) is 2. The zero-order valence-corrected chi connectivity index (χ0v) is 9.24. The van der Waals surface area contributed by atoms with Crippen molar-refractivity contribution in [1.29, 1.82) is 0 Å². The molecule has 4 atom stereocenters. The van der Waals surface area contributed by atoms with E-state index < -0.39 is 12.2 Å². The monoisotopic (exact) mass is 198 g/mol. The van der Waals surface area contributed by atoms with Gasteiger partial charge >= 0.3 is 0 Å². The second-order valence-electron chi connectivity index (χ2n) is 5.37. The van der Waals surface area contributed by atoms with Crippen LogP contribution in [0, 0.1) is 17.3 Å². The Hall–Kier alpha value is -0.0800. The van der Waals surface area contributed by atoms with Crippen molar-refractivity contribution in [3.8, 4) is 0 Å². The van der Waals surface area contributed by atoms with Crippen LogP contribution < -0.4 is 0 Å². The molecule has 0 radical (unpaired) electrons. The minimum atomic E-state index is -0.484. The molecule has 2 aliphatic carbocycles. The zero-order chi connectivity index (χ0) is 10.3. The van der Waals surface area contributed by atoms with Gasteiger partial charge in [-0.05, 0) is 37.5 Å². The second kappa shape index (κ2) is 3.49. The van der Waals surface area contributed by atoms with E-state index >= 15 is 0 Å². The molecule has 2 heteroatoms. The molecule has 0 aromatic heterocycles. The highest BCUT2D eigenvalue weighted by atomic mass is 16.3. The van der Waals surface area contributed by atoms with Crippen LogP contribution in [0.1, 0.15) is 46.0 Å². The predicted molar refractivity (Wildman–Crippen MR) is 55.9 cm³/mol. The van der Waals surface area contributed by atoms with Gasteiger partial charge in [-0.2, -0.15) is 0 Å². The SMILES string of the molecule is CCC[C@@]1(C2CC2)C[C@@H](C)[C@H](O)[C@@H]1O. The van der Waals surface area contributed by atoms with E-state index in [1.54, 1.807) is 0 Å². The fourth-order valence-corrected chi connectivity index (χ4v) is 3.48. The highest BCUT2D eigenvalue weighted by molar-refractivity contribution is 5.06. The molecular weight excluding hydrogens is 176 g/mol. The number of aliphatic hydroxyl groups is 2. The number of hydrogen-bond acceptors (Lipinski definition) is 2. The molecule has 0 bridgehead atoms. The summed E-state index contributed by atoms with van der Waals surface area (Å²) in [7, 11) is 0. The van der Waals surface area contributed by atoms with E-state index in [0.717, 1.165) is 19.3 Å². The average Bonchev–Trinajstić information content (AvgIpc) is 2.94. The van der Waals surface area contributed by atoms with E-state index in [-0.39, 0.29) is 11.3 Å². The van der Waals surface area contributed by atoms with Gasteiger partial charge in [0.1, 0.15) is 0 Å². The Labute approximate surface area is 86.3 Å². The van der Waals surface area contributed by atoms with Crippen molar-refractivity contribution in [3.05, 3.63) is 0 Å². The van der Waals surface area contributed by atoms with Gasteiger partial charge in [-0.25, -0.2) is 0 Å². The zero-order valence-electron chi connectivity index (χ0n) is 9.24. The van der Waals surface area contributed by atoms with Crippen LogP contribution in [0.15, 0.2) is 0 Å². The first-order chi connectivity index (χ1) is 6.62. The average molecular weight is 198 g/mol. The van der Waals surface area contributed by atoms with Gasteiger partial charge < -0.3 is 10.2 Å². The van der Waals surface area contributed by atoms with Gasteiger partial charge in [-0.15, -0.1) is 0 Å². The molecule has 2 N–H and O–H groups in total. The highest BCUT2D eigenvalue weighted by Gasteiger charge is 2.57. The van der Waals surface area contributed by atoms with Crippen LogP contribution in [0.25, 0.3) is 0 Å². The fourth-order valence-electron chi connectivity index (χ4n) is 3.48. The van der Waals surface area contributed by atoms with Gasteiger partial charge in [0.25, 0.3) is 0 Å². The minimum absolute atomic E-state index is 0.0631. The predicted octanol–water partition coefficient (Wildman–Crippen LogP) is 1.94. The van der Waals surface area contributed by atoms with Crippen LogP contribution in [0.3, 0.4) is 0 Å². The molecule has 14 heavy (non-hydrogen) atoms. The van der Waals surface area contributed by atoms with Gasteiger partial charge in [-0.1, -0.05) is 20.3 Å². The Morgan fingerprint density at radius 1 is 1.29 bits per heavy atom. The summed E-state index contributed by atoms with van der Waals surface area (Å²) < 4.78 is 0. The Balaban J connectivity index is 2.18. The summed E-state index contributed by atoms with van der Waals surface area (Å²) in [4.78, 5) is 0. The third-order valence-electron chi connectivity index (χ3n) is 4.30. The van der Waals surface area contributed by atoms with Gasteiger partial charge in [0.2, 0.25) is 0 Å². The summed E-state index contributed by atoms with van der Waals surface area (Å²) in [5, 5.41) is 20.0. The van der Waals surface area contributed by atoms with Crippen LogP contribution in [-0.2, 0) is 0 Å². The van der Waals surface area contributed by atoms with Crippen molar-refractivity contribution in [2.24, 2.45) is 17.3 Å². The molecule has 2 aliphatic rings. The van der Waals surface area contributed by atoms with Crippen molar-refractivity contribution in [2.75, 3.05) is 0 Å². The molecule has 0 aromatic rings. The van der Waals surface area contributed by atoms with Crippen LogP contribution in [0.5, 0.6) is 0 Å². The molecule has 0 spiro atoms. The first kappa shape index (κ1) is 10.4. The molecule has 0 saturated heterocycles. The molecule has 0 aliphatic heterocycles. The maximum Gasteiger partial charge on any atom is 0.0860 e. The molecule has 0 amide bonds. The normalized spacial score (nSPS) is 48.4. The first-order valence-electron chi connectivity index (χ1n) is 5.98. The van der Waals surface area contributed by atoms with E-state index in [4.69, 9.17) is 0 Å².